The zero-order valence-electron chi connectivity index (χ0n) is 16.9. The van der Waals surface area contributed by atoms with E-state index in [0.29, 0.717) is 21.3 Å². The minimum atomic E-state index is -0.419. The smallest absolute Gasteiger partial charge is 0.134 e. The van der Waals surface area contributed by atoms with Crippen LogP contribution in [0.5, 0.6) is 5.75 Å². The Balaban J connectivity index is 1.90. The normalized spacial score (nSPS) is 11.6. The van der Waals surface area contributed by atoms with Gasteiger partial charge in [0, 0.05) is 10.9 Å². The lowest BCUT2D eigenvalue weighted by Crippen LogP contribution is -2.11. The molecule has 0 amide bonds. The molecule has 3 aromatic carbocycles. The Labute approximate surface area is 184 Å². The van der Waals surface area contributed by atoms with Gasteiger partial charge in [-0.3, -0.25) is 0 Å². The molecule has 0 bridgehead atoms. The molecule has 0 radical (unpaired) electrons. The molecule has 1 N–H and O–H groups in total. The zero-order valence-corrected chi connectivity index (χ0v) is 18.5. The van der Waals surface area contributed by atoms with Gasteiger partial charge in [0.2, 0.25) is 0 Å². The predicted molar refractivity (Wildman–Crippen MR) is 124 cm³/mol. The Morgan fingerprint density at radius 1 is 0.967 bits per heavy atom. The van der Waals surface area contributed by atoms with Crippen LogP contribution in [0, 0.1) is 5.82 Å². The SMILES string of the molecule is CC(C)(C)c1cc(-c2ccccc2)c(O)c(-c2nc(-c3c(F)cccc3Cl)cs2)c1. The summed E-state index contributed by atoms with van der Waals surface area (Å²) >= 11 is 7.57. The second-order valence-electron chi connectivity index (χ2n) is 8.17. The maximum atomic E-state index is 14.4. The van der Waals surface area contributed by atoms with Crippen molar-refractivity contribution < 1.29 is 9.50 Å². The maximum absolute atomic E-state index is 14.4. The minimum Gasteiger partial charge on any atom is -0.507 e. The average Bonchev–Trinajstić information content (AvgIpc) is 3.17. The number of halogens is 2. The molecule has 0 saturated heterocycles. The zero-order chi connectivity index (χ0) is 21.5. The van der Waals surface area contributed by atoms with Crippen molar-refractivity contribution in [2.45, 2.75) is 26.2 Å². The fourth-order valence-electron chi connectivity index (χ4n) is 3.32. The standard InChI is InChI=1S/C25H21ClFNOS/c1-25(2,3)16-12-17(15-8-5-4-6-9-15)23(29)18(13-16)24-28-21(14-30-24)22-19(26)10-7-11-20(22)27/h4-14,29H,1-3H3. The van der Waals surface area contributed by atoms with Gasteiger partial charge < -0.3 is 5.11 Å². The lowest BCUT2D eigenvalue weighted by atomic mass is 9.83. The van der Waals surface area contributed by atoms with Crippen LogP contribution in [0.15, 0.2) is 66.0 Å². The van der Waals surface area contributed by atoms with Crippen LogP contribution in [-0.4, -0.2) is 10.1 Å². The Bertz CT molecular complexity index is 1190. The van der Waals surface area contributed by atoms with Gasteiger partial charge in [0.1, 0.15) is 16.6 Å². The molecule has 5 heteroatoms. The van der Waals surface area contributed by atoms with Gasteiger partial charge in [0.25, 0.3) is 0 Å². The van der Waals surface area contributed by atoms with Crippen molar-refractivity contribution in [3.05, 3.63) is 82.4 Å². The third-order valence-electron chi connectivity index (χ3n) is 5.01. The molecule has 0 aliphatic heterocycles. The average molecular weight is 438 g/mol. The summed E-state index contributed by atoms with van der Waals surface area (Å²) in [6.45, 7) is 6.39. The molecule has 1 heterocycles. The third kappa shape index (κ3) is 3.85. The lowest BCUT2D eigenvalue weighted by Gasteiger charge is -2.22. The van der Waals surface area contributed by atoms with E-state index < -0.39 is 5.82 Å². The summed E-state index contributed by atoms with van der Waals surface area (Å²) in [6, 6.07) is 18.3. The molecule has 30 heavy (non-hydrogen) atoms. The summed E-state index contributed by atoms with van der Waals surface area (Å²) in [5.74, 6) is -0.258. The second-order valence-corrected chi connectivity index (χ2v) is 9.44. The number of thiazole rings is 1. The summed E-state index contributed by atoms with van der Waals surface area (Å²) in [7, 11) is 0. The van der Waals surface area contributed by atoms with Crippen LogP contribution in [-0.2, 0) is 5.41 Å². The molecule has 0 aliphatic rings. The lowest BCUT2D eigenvalue weighted by molar-refractivity contribution is 0.478. The molecule has 2 nitrogen and oxygen atoms in total. The van der Waals surface area contributed by atoms with Gasteiger partial charge in [-0.2, -0.15) is 0 Å². The molecular weight excluding hydrogens is 417 g/mol. The number of phenolic OH excluding ortho intramolecular Hbond substituents is 1. The summed E-state index contributed by atoms with van der Waals surface area (Å²) < 4.78 is 14.4. The molecule has 0 aliphatic carbocycles. The number of rotatable bonds is 3. The number of phenols is 1. The van der Waals surface area contributed by atoms with Crippen molar-refractivity contribution >= 4 is 22.9 Å². The summed E-state index contributed by atoms with van der Waals surface area (Å²) in [4.78, 5) is 4.63. The first-order chi connectivity index (χ1) is 14.3. The molecule has 1 aromatic heterocycles. The minimum absolute atomic E-state index is 0.124. The molecule has 152 valence electrons. The number of nitrogens with zero attached hydrogens (tertiary/aromatic N) is 1. The Morgan fingerprint density at radius 3 is 2.33 bits per heavy atom. The highest BCUT2D eigenvalue weighted by Gasteiger charge is 2.22. The molecule has 0 spiro atoms. The first-order valence-electron chi connectivity index (χ1n) is 9.59. The first kappa shape index (κ1) is 20.6. The van der Waals surface area contributed by atoms with E-state index in [4.69, 9.17) is 11.6 Å². The van der Waals surface area contributed by atoms with Crippen LogP contribution in [0.1, 0.15) is 26.3 Å². The van der Waals surface area contributed by atoms with Crippen molar-refractivity contribution in [1.29, 1.82) is 0 Å². The van der Waals surface area contributed by atoms with Crippen LogP contribution in [0.3, 0.4) is 0 Å². The number of benzene rings is 3. The molecule has 0 atom stereocenters. The van der Waals surface area contributed by atoms with E-state index in [1.165, 1.54) is 17.4 Å². The molecule has 0 unspecified atom stereocenters. The largest absolute Gasteiger partial charge is 0.507 e. The van der Waals surface area contributed by atoms with Gasteiger partial charge in [-0.05, 0) is 40.8 Å². The van der Waals surface area contributed by atoms with Crippen LogP contribution < -0.4 is 0 Å². The Kier molecular flexibility index (Phi) is 5.39. The summed E-state index contributed by atoms with van der Waals surface area (Å²) in [5, 5.41) is 13.8. The fraction of sp³-hybridized carbons (Fsp3) is 0.160. The van der Waals surface area contributed by atoms with E-state index in [0.717, 1.165) is 16.7 Å². The van der Waals surface area contributed by atoms with Crippen molar-refractivity contribution in [3.8, 4) is 38.7 Å². The summed E-state index contributed by atoms with van der Waals surface area (Å²) in [6.07, 6.45) is 0. The van der Waals surface area contributed by atoms with Gasteiger partial charge in [-0.15, -0.1) is 11.3 Å². The highest BCUT2D eigenvalue weighted by atomic mass is 35.5. The monoisotopic (exact) mass is 437 g/mol. The number of hydrogen-bond donors (Lipinski definition) is 1. The number of aromatic hydroxyl groups is 1. The Morgan fingerprint density at radius 2 is 1.67 bits per heavy atom. The molecule has 4 aromatic rings. The van der Waals surface area contributed by atoms with Gasteiger partial charge in [-0.25, -0.2) is 9.37 Å². The number of hydrogen-bond acceptors (Lipinski definition) is 3. The molecular formula is C25H21ClFNOS. The van der Waals surface area contributed by atoms with Gasteiger partial charge in [0.15, 0.2) is 0 Å². The van der Waals surface area contributed by atoms with E-state index in [1.807, 2.05) is 42.5 Å². The van der Waals surface area contributed by atoms with Gasteiger partial charge in [0.05, 0.1) is 21.8 Å². The van der Waals surface area contributed by atoms with Crippen LogP contribution in [0.25, 0.3) is 33.0 Å². The van der Waals surface area contributed by atoms with Crippen LogP contribution >= 0.6 is 22.9 Å². The van der Waals surface area contributed by atoms with Crippen LogP contribution in [0.2, 0.25) is 5.02 Å². The van der Waals surface area contributed by atoms with E-state index in [2.05, 4.69) is 25.8 Å². The third-order valence-corrected chi connectivity index (χ3v) is 6.20. The van der Waals surface area contributed by atoms with E-state index in [9.17, 15) is 9.50 Å². The predicted octanol–water partition coefficient (Wildman–Crippen LogP) is 7.94. The van der Waals surface area contributed by atoms with Crippen molar-refractivity contribution in [1.82, 2.24) is 4.98 Å². The molecule has 4 rings (SSSR count). The maximum Gasteiger partial charge on any atom is 0.134 e. The van der Waals surface area contributed by atoms with E-state index >= 15 is 0 Å². The highest BCUT2D eigenvalue weighted by molar-refractivity contribution is 7.13. The van der Waals surface area contributed by atoms with E-state index in [-0.39, 0.29) is 16.7 Å². The van der Waals surface area contributed by atoms with E-state index in [1.54, 1.807) is 17.5 Å². The van der Waals surface area contributed by atoms with Crippen molar-refractivity contribution in [3.63, 3.8) is 0 Å². The Hall–Kier alpha value is -2.69. The first-order valence-corrected chi connectivity index (χ1v) is 10.8. The molecule has 0 fully saturated rings. The topological polar surface area (TPSA) is 33.1 Å². The second kappa shape index (κ2) is 7.86. The fourth-order valence-corrected chi connectivity index (χ4v) is 4.41. The number of aromatic nitrogens is 1. The van der Waals surface area contributed by atoms with Crippen molar-refractivity contribution in [2.24, 2.45) is 0 Å². The highest BCUT2D eigenvalue weighted by Crippen LogP contribution is 2.44. The van der Waals surface area contributed by atoms with Crippen molar-refractivity contribution in [2.75, 3.05) is 0 Å². The quantitative estimate of drug-likeness (QED) is 0.353. The van der Waals surface area contributed by atoms with Gasteiger partial charge in [-0.1, -0.05) is 68.8 Å². The van der Waals surface area contributed by atoms with Crippen LogP contribution in [0.4, 0.5) is 4.39 Å². The molecule has 0 saturated carbocycles. The van der Waals surface area contributed by atoms with Gasteiger partial charge >= 0.3 is 0 Å². The summed E-state index contributed by atoms with van der Waals surface area (Å²) in [5.41, 5.74) is 3.99.